The van der Waals surface area contributed by atoms with E-state index in [9.17, 15) is 0 Å². The highest BCUT2D eigenvalue weighted by Crippen LogP contribution is 1.93. The van der Waals surface area contributed by atoms with Crippen molar-refractivity contribution >= 4 is 6.72 Å². The third-order valence-corrected chi connectivity index (χ3v) is 0.945. The highest BCUT2D eigenvalue weighted by molar-refractivity contribution is 5.24. The maximum absolute atomic E-state index is 3.70. The number of nitrogens with one attached hydrogen (secondary N) is 1. The lowest BCUT2D eigenvalue weighted by atomic mass is 10.4. The Bertz CT molecular complexity index is 153. The summed E-state index contributed by atoms with van der Waals surface area (Å²) in [5, 5.41) is 0. The zero-order valence-electron chi connectivity index (χ0n) is 4.59. The number of nitrogens with zero attached hydrogens (tertiary/aromatic N) is 1. The topological polar surface area (TPSA) is 28.1 Å². The van der Waals surface area contributed by atoms with Gasteiger partial charge in [0.2, 0.25) is 0 Å². The minimum Gasteiger partial charge on any atom is -0.363 e. The van der Waals surface area contributed by atoms with Crippen molar-refractivity contribution < 1.29 is 0 Å². The SMILES string of the molecule is C=NCc1ccc[nH]1. The van der Waals surface area contributed by atoms with E-state index in [4.69, 9.17) is 0 Å². The van der Waals surface area contributed by atoms with E-state index in [1.165, 1.54) is 0 Å². The Hall–Kier alpha value is -1.05. The van der Waals surface area contributed by atoms with Crippen molar-refractivity contribution in [1.82, 2.24) is 4.98 Å². The van der Waals surface area contributed by atoms with Crippen molar-refractivity contribution in [2.45, 2.75) is 6.54 Å². The maximum atomic E-state index is 3.70. The van der Waals surface area contributed by atoms with E-state index in [0.717, 1.165) is 5.69 Å². The van der Waals surface area contributed by atoms with Gasteiger partial charge in [0.05, 0.1) is 6.54 Å². The Labute approximate surface area is 48.3 Å². The van der Waals surface area contributed by atoms with Crippen LogP contribution in [0.3, 0.4) is 0 Å². The molecule has 0 fully saturated rings. The fourth-order valence-corrected chi connectivity index (χ4v) is 0.586. The van der Waals surface area contributed by atoms with Crippen molar-refractivity contribution in [2.24, 2.45) is 4.99 Å². The highest BCUT2D eigenvalue weighted by Gasteiger charge is 1.83. The van der Waals surface area contributed by atoms with Crippen LogP contribution in [0.1, 0.15) is 5.69 Å². The Balaban J connectivity index is 2.62. The highest BCUT2D eigenvalue weighted by atomic mass is 14.8. The quantitative estimate of drug-likeness (QED) is 0.552. The molecular formula is C6H8N2. The second-order valence-corrected chi connectivity index (χ2v) is 1.58. The third-order valence-electron chi connectivity index (χ3n) is 0.945. The molecule has 0 amide bonds. The Morgan fingerprint density at radius 2 is 2.62 bits per heavy atom. The van der Waals surface area contributed by atoms with E-state index in [1.54, 1.807) is 0 Å². The van der Waals surface area contributed by atoms with E-state index < -0.39 is 0 Å². The van der Waals surface area contributed by atoms with Gasteiger partial charge in [-0.2, -0.15) is 0 Å². The number of aromatic nitrogens is 1. The lowest BCUT2D eigenvalue weighted by Gasteiger charge is -1.84. The van der Waals surface area contributed by atoms with Gasteiger partial charge in [-0.3, -0.25) is 4.99 Å². The summed E-state index contributed by atoms with van der Waals surface area (Å²) in [4.78, 5) is 6.70. The van der Waals surface area contributed by atoms with Crippen LogP contribution in [0.4, 0.5) is 0 Å². The molecule has 0 aliphatic carbocycles. The van der Waals surface area contributed by atoms with Crippen LogP contribution in [-0.2, 0) is 6.54 Å². The number of aromatic amines is 1. The van der Waals surface area contributed by atoms with Gasteiger partial charge >= 0.3 is 0 Å². The van der Waals surface area contributed by atoms with Crippen molar-refractivity contribution in [3.63, 3.8) is 0 Å². The van der Waals surface area contributed by atoms with Gasteiger partial charge in [-0.05, 0) is 18.9 Å². The molecular weight excluding hydrogens is 100 g/mol. The van der Waals surface area contributed by atoms with Crippen LogP contribution >= 0.6 is 0 Å². The maximum Gasteiger partial charge on any atom is 0.0782 e. The Kier molecular flexibility index (Phi) is 1.47. The molecule has 0 spiro atoms. The van der Waals surface area contributed by atoms with E-state index >= 15 is 0 Å². The second-order valence-electron chi connectivity index (χ2n) is 1.58. The summed E-state index contributed by atoms with van der Waals surface area (Å²) in [6.07, 6.45) is 1.88. The predicted molar refractivity (Wildman–Crippen MR) is 34.0 cm³/mol. The van der Waals surface area contributed by atoms with Gasteiger partial charge in [-0.15, -0.1) is 0 Å². The third kappa shape index (κ3) is 0.964. The first-order chi connectivity index (χ1) is 3.93. The second kappa shape index (κ2) is 2.31. The number of rotatable bonds is 2. The van der Waals surface area contributed by atoms with Gasteiger partial charge in [0, 0.05) is 11.9 Å². The fourth-order valence-electron chi connectivity index (χ4n) is 0.586. The normalized spacial score (nSPS) is 9.00. The monoisotopic (exact) mass is 108 g/mol. The van der Waals surface area contributed by atoms with Gasteiger partial charge in [-0.25, -0.2) is 0 Å². The molecule has 1 rings (SSSR count). The van der Waals surface area contributed by atoms with Gasteiger partial charge < -0.3 is 4.98 Å². The van der Waals surface area contributed by atoms with E-state index in [-0.39, 0.29) is 0 Å². The molecule has 0 saturated carbocycles. The minimum atomic E-state index is 0.688. The molecule has 0 aliphatic rings. The van der Waals surface area contributed by atoms with Crippen LogP contribution in [0.25, 0.3) is 0 Å². The molecule has 2 heteroatoms. The van der Waals surface area contributed by atoms with Crippen LogP contribution in [0, 0.1) is 0 Å². The standard InChI is InChI=1S/C6H8N2/c1-7-5-6-3-2-4-8-6/h2-4,8H,1,5H2. The average molecular weight is 108 g/mol. The molecule has 1 N–H and O–H groups in total. The van der Waals surface area contributed by atoms with E-state index in [0.29, 0.717) is 6.54 Å². The molecule has 0 atom stereocenters. The van der Waals surface area contributed by atoms with Gasteiger partial charge in [-0.1, -0.05) is 0 Å². The fraction of sp³-hybridized carbons (Fsp3) is 0.167. The summed E-state index contributed by atoms with van der Waals surface area (Å²) < 4.78 is 0. The number of hydrogen-bond acceptors (Lipinski definition) is 1. The van der Waals surface area contributed by atoms with Crippen LogP contribution < -0.4 is 0 Å². The molecule has 1 heterocycles. The smallest absolute Gasteiger partial charge is 0.0782 e. The molecule has 2 nitrogen and oxygen atoms in total. The zero-order valence-corrected chi connectivity index (χ0v) is 4.59. The molecule has 0 aliphatic heterocycles. The molecule has 0 saturated heterocycles. The van der Waals surface area contributed by atoms with Gasteiger partial charge in [0.15, 0.2) is 0 Å². The Morgan fingerprint density at radius 1 is 1.75 bits per heavy atom. The molecule has 0 aromatic carbocycles. The summed E-state index contributed by atoms with van der Waals surface area (Å²) in [6.45, 7) is 4.05. The lowest BCUT2D eigenvalue weighted by Crippen LogP contribution is -1.76. The average Bonchev–Trinajstić information content (AvgIpc) is 2.19. The molecule has 0 radical (unpaired) electrons. The van der Waals surface area contributed by atoms with E-state index in [1.807, 2.05) is 18.3 Å². The predicted octanol–water partition coefficient (Wildman–Crippen LogP) is 1.22. The first kappa shape index (κ1) is 5.09. The number of H-pyrrole nitrogens is 1. The number of hydrogen-bond donors (Lipinski definition) is 1. The largest absolute Gasteiger partial charge is 0.363 e. The van der Waals surface area contributed by atoms with Crippen molar-refractivity contribution in [3.05, 3.63) is 24.0 Å². The first-order valence-corrected chi connectivity index (χ1v) is 2.48. The molecule has 1 aromatic heterocycles. The van der Waals surface area contributed by atoms with Gasteiger partial charge in [0.1, 0.15) is 0 Å². The molecule has 0 bridgehead atoms. The number of aliphatic imine (C=N–C) groups is 1. The van der Waals surface area contributed by atoms with Crippen molar-refractivity contribution in [3.8, 4) is 0 Å². The summed E-state index contributed by atoms with van der Waals surface area (Å²) in [7, 11) is 0. The summed E-state index contributed by atoms with van der Waals surface area (Å²) in [6, 6.07) is 3.93. The summed E-state index contributed by atoms with van der Waals surface area (Å²) in [5.41, 5.74) is 1.11. The van der Waals surface area contributed by atoms with Crippen molar-refractivity contribution in [1.29, 1.82) is 0 Å². The zero-order chi connectivity index (χ0) is 5.82. The first-order valence-electron chi connectivity index (χ1n) is 2.48. The molecule has 0 unspecified atom stereocenters. The molecule has 8 heavy (non-hydrogen) atoms. The lowest BCUT2D eigenvalue weighted by molar-refractivity contribution is 1.02. The summed E-state index contributed by atoms with van der Waals surface area (Å²) in [5.74, 6) is 0. The molecule has 42 valence electrons. The van der Waals surface area contributed by atoms with Crippen LogP contribution in [0.15, 0.2) is 23.3 Å². The molecule has 1 aromatic rings. The van der Waals surface area contributed by atoms with E-state index in [2.05, 4.69) is 16.7 Å². The van der Waals surface area contributed by atoms with Crippen LogP contribution in [-0.4, -0.2) is 11.7 Å². The minimum absolute atomic E-state index is 0.688. The van der Waals surface area contributed by atoms with Crippen LogP contribution in [0.5, 0.6) is 0 Å². The van der Waals surface area contributed by atoms with Crippen LogP contribution in [0.2, 0.25) is 0 Å². The van der Waals surface area contributed by atoms with Gasteiger partial charge in [0.25, 0.3) is 0 Å². The summed E-state index contributed by atoms with van der Waals surface area (Å²) >= 11 is 0. The Morgan fingerprint density at radius 3 is 3.12 bits per heavy atom. The van der Waals surface area contributed by atoms with Crippen molar-refractivity contribution in [2.75, 3.05) is 0 Å².